The summed E-state index contributed by atoms with van der Waals surface area (Å²) in [5.41, 5.74) is 0.615. The van der Waals surface area contributed by atoms with Crippen molar-refractivity contribution in [2.45, 2.75) is 18.3 Å². The maximum Gasteiger partial charge on any atom is 0.239 e. The molecule has 0 saturated heterocycles. The van der Waals surface area contributed by atoms with Crippen molar-refractivity contribution in [2.75, 3.05) is 6.61 Å². The molecule has 0 radical (unpaired) electrons. The highest BCUT2D eigenvalue weighted by atomic mass is 32.2. The first-order valence-corrected chi connectivity index (χ1v) is 9.13. The fourth-order valence-electron chi connectivity index (χ4n) is 2.42. The molecule has 0 bridgehead atoms. The maximum atomic E-state index is 12.0. The van der Waals surface area contributed by atoms with Gasteiger partial charge < -0.3 is 9.47 Å². The smallest absolute Gasteiger partial charge is 0.239 e. The van der Waals surface area contributed by atoms with Crippen LogP contribution in [0.5, 0.6) is 11.5 Å². The second kappa shape index (κ2) is 6.92. The highest BCUT2D eigenvalue weighted by Gasteiger charge is 2.25. The molecule has 0 fully saturated rings. The molecule has 24 heavy (non-hydrogen) atoms. The molecule has 2 aromatic rings. The first-order valence-electron chi connectivity index (χ1n) is 7.47. The molecule has 1 N–H and O–H groups in total. The maximum absolute atomic E-state index is 12.0. The molecule has 2 aromatic carbocycles. The summed E-state index contributed by atoms with van der Waals surface area (Å²) in [4.78, 5) is 12.0. The third-order valence-electron chi connectivity index (χ3n) is 3.45. The van der Waals surface area contributed by atoms with Crippen LogP contribution in [0.3, 0.4) is 0 Å². The normalized spacial score (nSPS) is 16.4. The Labute approximate surface area is 140 Å². The van der Waals surface area contributed by atoms with E-state index in [9.17, 15) is 13.2 Å². The van der Waals surface area contributed by atoms with E-state index in [-0.39, 0.29) is 18.8 Å². The molecule has 3 rings (SSSR count). The number of sulfonamides is 1. The van der Waals surface area contributed by atoms with Crippen LogP contribution in [-0.4, -0.2) is 27.0 Å². The number of hydrogen-bond donors (Lipinski definition) is 1. The van der Waals surface area contributed by atoms with E-state index in [0.717, 1.165) is 0 Å². The minimum atomic E-state index is -3.74. The predicted molar refractivity (Wildman–Crippen MR) is 88.2 cm³/mol. The molecular formula is C17H17NO5S. The van der Waals surface area contributed by atoms with E-state index in [1.807, 2.05) is 6.07 Å². The molecule has 126 valence electrons. The molecule has 1 unspecified atom stereocenters. The van der Waals surface area contributed by atoms with Gasteiger partial charge in [-0.15, -0.1) is 0 Å². The number of ether oxygens (including phenoxy) is 2. The van der Waals surface area contributed by atoms with Crippen molar-refractivity contribution in [3.8, 4) is 11.5 Å². The quantitative estimate of drug-likeness (QED) is 0.893. The van der Waals surface area contributed by atoms with E-state index in [4.69, 9.17) is 9.47 Å². The Hall–Kier alpha value is -2.54. The monoisotopic (exact) mass is 347 g/mol. The van der Waals surface area contributed by atoms with Gasteiger partial charge in [0, 0.05) is 0 Å². The highest BCUT2D eigenvalue weighted by molar-refractivity contribution is 7.89. The second-order valence-electron chi connectivity index (χ2n) is 5.47. The minimum Gasteiger partial charge on any atom is -0.486 e. The molecule has 0 spiro atoms. The van der Waals surface area contributed by atoms with Gasteiger partial charge in [0.1, 0.15) is 12.7 Å². The zero-order valence-electron chi connectivity index (χ0n) is 12.8. The van der Waals surface area contributed by atoms with Crippen molar-refractivity contribution < 1.29 is 22.7 Å². The Bertz CT molecular complexity index is 820. The standard InChI is InChI=1S/C17H17NO5S/c19-17(18-24(20,21)12-13-6-2-1-3-7-13)10-14-11-22-15-8-4-5-9-16(15)23-14/h1-9,14H,10-12H2,(H,18,19). The van der Waals surface area contributed by atoms with E-state index >= 15 is 0 Å². The zero-order chi connectivity index (χ0) is 17.0. The number of carbonyl (C=O) groups is 1. The molecule has 0 aliphatic carbocycles. The number of hydrogen-bond acceptors (Lipinski definition) is 5. The van der Waals surface area contributed by atoms with Gasteiger partial charge in [-0.2, -0.15) is 0 Å². The van der Waals surface area contributed by atoms with Crippen LogP contribution in [0.4, 0.5) is 0 Å². The van der Waals surface area contributed by atoms with E-state index in [0.29, 0.717) is 17.1 Å². The summed E-state index contributed by atoms with van der Waals surface area (Å²) in [6.45, 7) is 0.198. The van der Waals surface area contributed by atoms with Crippen LogP contribution in [0, 0.1) is 0 Å². The number of benzene rings is 2. The minimum absolute atomic E-state index is 0.0949. The Balaban J connectivity index is 1.56. The van der Waals surface area contributed by atoms with Crippen LogP contribution >= 0.6 is 0 Å². The van der Waals surface area contributed by atoms with Crippen LogP contribution in [-0.2, 0) is 20.6 Å². The SMILES string of the molecule is O=C(CC1COc2ccccc2O1)NS(=O)(=O)Cc1ccccc1. The van der Waals surface area contributed by atoms with E-state index in [2.05, 4.69) is 4.72 Å². The first-order chi connectivity index (χ1) is 11.5. The lowest BCUT2D eigenvalue weighted by Crippen LogP contribution is -2.38. The Morgan fingerprint density at radius 1 is 1.04 bits per heavy atom. The summed E-state index contributed by atoms with van der Waals surface area (Å²) in [5.74, 6) is 0.309. The van der Waals surface area contributed by atoms with Gasteiger partial charge in [0.15, 0.2) is 11.5 Å². The molecule has 1 heterocycles. The summed E-state index contributed by atoms with van der Waals surface area (Å²) in [6.07, 6.45) is -0.616. The molecule has 6 nitrogen and oxygen atoms in total. The van der Waals surface area contributed by atoms with Crippen LogP contribution < -0.4 is 14.2 Å². The van der Waals surface area contributed by atoms with Gasteiger partial charge in [0.2, 0.25) is 15.9 Å². The number of carbonyl (C=O) groups excluding carboxylic acids is 1. The number of nitrogens with one attached hydrogen (secondary N) is 1. The van der Waals surface area contributed by atoms with E-state index in [1.54, 1.807) is 48.5 Å². The van der Waals surface area contributed by atoms with Gasteiger partial charge in [-0.1, -0.05) is 42.5 Å². The largest absolute Gasteiger partial charge is 0.486 e. The lowest BCUT2D eigenvalue weighted by molar-refractivity contribution is -0.121. The van der Waals surface area contributed by atoms with Gasteiger partial charge in [-0.05, 0) is 17.7 Å². The summed E-state index contributed by atoms with van der Waals surface area (Å²) in [7, 11) is -3.74. The molecular weight excluding hydrogens is 330 g/mol. The molecule has 0 saturated carbocycles. The molecule has 1 atom stereocenters. The van der Waals surface area contributed by atoms with Crippen LogP contribution in [0.25, 0.3) is 0 Å². The van der Waals surface area contributed by atoms with Gasteiger partial charge >= 0.3 is 0 Å². The summed E-state index contributed by atoms with van der Waals surface area (Å²) >= 11 is 0. The van der Waals surface area contributed by atoms with Crippen molar-refractivity contribution in [1.82, 2.24) is 4.72 Å². The number of amides is 1. The fourth-order valence-corrected chi connectivity index (χ4v) is 3.55. The second-order valence-corrected chi connectivity index (χ2v) is 7.19. The van der Waals surface area contributed by atoms with Crippen LogP contribution in [0.15, 0.2) is 54.6 Å². The highest BCUT2D eigenvalue weighted by Crippen LogP contribution is 2.31. The fraction of sp³-hybridized carbons (Fsp3) is 0.235. The third-order valence-corrected chi connectivity index (χ3v) is 4.70. The lowest BCUT2D eigenvalue weighted by Gasteiger charge is -2.25. The summed E-state index contributed by atoms with van der Waals surface area (Å²) < 4.78 is 37.3. The van der Waals surface area contributed by atoms with Crippen LogP contribution in [0.1, 0.15) is 12.0 Å². The van der Waals surface area contributed by atoms with Crippen LogP contribution in [0.2, 0.25) is 0 Å². The van der Waals surface area contributed by atoms with Crippen molar-refractivity contribution >= 4 is 15.9 Å². The Morgan fingerprint density at radius 3 is 2.46 bits per heavy atom. The molecule has 0 aromatic heterocycles. The van der Waals surface area contributed by atoms with Crippen molar-refractivity contribution in [3.63, 3.8) is 0 Å². The predicted octanol–water partition coefficient (Wildman–Crippen LogP) is 1.86. The zero-order valence-corrected chi connectivity index (χ0v) is 13.7. The molecule has 1 aliphatic heterocycles. The molecule has 1 aliphatic rings. The summed E-state index contributed by atoms with van der Waals surface area (Å²) in [5, 5.41) is 0. The van der Waals surface area contributed by atoms with E-state index in [1.165, 1.54) is 0 Å². The van der Waals surface area contributed by atoms with Gasteiger partial charge in [0.05, 0.1) is 12.2 Å². The van der Waals surface area contributed by atoms with Gasteiger partial charge in [0.25, 0.3) is 0 Å². The number of para-hydroxylation sites is 2. The van der Waals surface area contributed by atoms with Gasteiger partial charge in [-0.3, -0.25) is 9.52 Å². The van der Waals surface area contributed by atoms with E-state index < -0.39 is 22.0 Å². The first kappa shape index (κ1) is 16.3. The van der Waals surface area contributed by atoms with Crippen molar-refractivity contribution in [1.29, 1.82) is 0 Å². The topological polar surface area (TPSA) is 81.7 Å². The third kappa shape index (κ3) is 4.26. The average Bonchev–Trinajstić information content (AvgIpc) is 2.54. The van der Waals surface area contributed by atoms with Crippen molar-refractivity contribution in [2.24, 2.45) is 0 Å². The average molecular weight is 347 g/mol. The summed E-state index contributed by atoms with van der Waals surface area (Å²) in [6, 6.07) is 15.8. The number of rotatable bonds is 5. The Kier molecular flexibility index (Phi) is 4.71. The van der Waals surface area contributed by atoms with Gasteiger partial charge in [-0.25, -0.2) is 8.42 Å². The lowest BCUT2D eigenvalue weighted by atomic mass is 10.2. The molecule has 1 amide bonds. The number of fused-ring (bicyclic) bond motifs is 1. The molecule has 7 heteroatoms. The van der Waals surface area contributed by atoms with Crippen molar-refractivity contribution in [3.05, 3.63) is 60.2 Å². The Morgan fingerprint density at radius 2 is 1.71 bits per heavy atom.